The Morgan fingerprint density at radius 3 is 1.71 bits per heavy atom. The summed E-state index contributed by atoms with van der Waals surface area (Å²) in [5.74, 6) is -0.652. The van der Waals surface area contributed by atoms with Gasteiger partial charge in [0, 0.05) is 16.5 Å². The van der Waals surface area contributed by atoms with Crippen molar-refractivity contribution in [3.8, 4) is 23.0 Å². The van der Waals surface area contributed by atoms with Crippen LogP contribution >= 0.6 is 0 Å². The molecule has 1 fully saturated rings. The number of hydrogen-bond donors (Lipinski definition) is 4. The molecule has 4 heteroatoms. The van der Waals surface area contributed by atoms with E-state index < -0.39 is 5.41 Å². The maximum atomic E-state index is 10.5. The third-order valence-electron chi connectivity index (χ3n) is 5.30. The van der Waals surface area contributed by atoms with E-state index in [0.717, 1.165) is 19.3 Å². The molecular formula is C20H24O4. The number of para-hydroxylation sites is 2. The van der Waals surface area contributed by atoms with Crippen molar-refractivity contribution in [3.05, 3.63) is 47.5 Å². The van der Waals surface area contributed by atoms with Crippen LogP contribution < -0.4 is 0 Å². The lowest BCUT2D eigenvalue weighted by Crippen LogP contribution is -2.38. The van der Waals surface area contributed by atoms with Crippen LogP contribution in [0.5, 0.6) is 23.0 Å². The zero-order valence-electron chi connectivity index (χ0n) is 14.1. The minimum atomic E-state index is -0.659. The first-order valence-electron chi connectivity index (χ1n) is 8.30. The number of phenols is 4. The fourth-order valence-corrected chi connectivity index (χ4v) is 4.30. The summed E-state index contributed by atoms with van der Waals surface area (Å²) in [4.78, 5) is 0. The molecule has 0 spiro atoms. The molecule has 3 rings (SSSR count). The van der Waals surface area contributed by atoms with Gasteiger partial charge in [-0.1, -0.05) is 44.5 Å². The molecule has 0 bridgehead atoms. The monoisotopic (exact) mass is 328 g/mol. The lowest BCUT2D eigenvalue weighted by atomic mass is 9.57. The summed E-state index contributed by atoms with van der Waals surface area (Å²) in [5, 5.41) is 41.0. The predicted octanol–water partition coefficient (Wildman–Crippen LogP) is 4.40. The van der Waals surface area contributed by atoms with Gasteiger partial charge < -0.3 is 20.4 Å². The van der Waals surface area contributed by atoms with Gasteiger partial charge in [-0.15, -0.1) is 0 Å². The Morgan fingerprint density at radius 1 is 0.750 bits per heavy atom. The van der Waals surface area contributed by atoms with Crippen LogP contribution in [0.4, 0.5) is 0 Å². The van der Waals surface area contributed by atoms with Crippen molar-refractivity contribution in [2.24, 2.45) is 5.41 Å². The summed E-state index contributed by atoms with van der Waals surface area (Å²) >= 11 is 0. The summed E-state index contributed by atoms with van der Waals surface area (Å²) in [6.45, 7) is 4.33. The molecule has 0 saturated heterocycles. The van der Waals surface area contributed by atoms with Crippen molar-refractivity contribution in [3.63, 3.8) is 0 Å². The van der Waals surface area contributed by atoms with Crippen LogP contribution in [0.1, 0.15) is 50.7 Å². The molecule has 0 aromatic heterocycles. The fourth-order valence-electron chi connectivity index (χ4n) is 4.30. The summed E-state index contributed by atoms with van der Waals surface area (Å²) in [7, 11) is 0. The normalized spacial score (nSPS) is 19.1. The van der Waals surface area contributed by atoms with Crippen LogP contribution in [0.2, 0.25) is 0 Å². The number of phenolic OH excluding ortho intramolecular Hbond substituents is 4. The van der Waals surface area contributed by atoms with E-state index in [2.05, 4.69) is 13.8 Å². The maximum Gasteiger partial charge on any atom is 0.161 e. The van der Waals surface area contributed by atoms with Crippen molar-refractivity contribution in [1.29, 1.82) is 0 Å². The van der Waals surface area contributed by atoms with E-state index in [-0.39, 0.29) is 28.4 Å². The van der Waals surface area contributed by atoms with Crippen molar-refractivity contribution in [2.45, 2.75) is 44.9 Å². The zero-order valence-corrected chi connectivity index (χ0v) is 14.1. The average Bonchev–Trinajstić information content (AvgIpc) is 2.51. The minimum absolute atomic E-state index is 0.00799. The lowest BCUT2D eigenvalue weighted by Gasteiger charge is -2.46. The molecule has 2 aromatic carbocycles. The quantitative estimate of drug-likeness (QED) is 0.616. The molecule has 1 aliphatic carbocycles. The topological polar surface area (TPSA) is 80.9 Å². The summed E-state index contributed by atoms with van der Waals surface area (Å²) in [5.41, 5.74) is 0.536. The molecule has 0 heterocycles. The first kappa shape index (κ1) is 16.5. The highest BCUT2D eigenvalue weighted by molar-refractivity contribution is 5.58. The van der Waals surface area contributed by atoms with Gasteiger partial charge in [-0.3, -0.25) is 0 Å². The van der Waals surface area contributed by atoms with Gasteiger partial charge in [0.2, 0.25) is 0 Å². The van der Waals surface area contributed by atoms with Crippen LogP contribution in [-0.2, 0) is 5.41 Å². The second-order valence-electron chi connectivity index (χ2n) is 7.62. The van der Waals surface area contributed by atoms with E-state index in [9.17, 15) is 20.4 Å². The van der Waals surface area contributed by atoms with Crippen LogP contribution in [0.25, 0.3) is 0 Å². The van der Waals surface area contributed by atoms with Crippen LogP contribution in [0.3, 0.4) is 0 Å². The summed E-state index contributed by atoms with van der Waals surface area (Å²) < 4.78 is 0. The average molecular weight is 328 g/mol. The van der Waals surface area contributed by atoms with Gasteiger partial charge in [-0.2, -0.15) is 0 Å². The van der Waals surface area contributed by atoms with Gasteiger partial charge in [-0.25, -0.2) is 0 Å². The third kappa shape index (κ3) is 2.56. The van der Waals surface area contributed by atoms with Crippen LogP contribution in [-0.4, -0.2) is 20.4 Å². The standard InChI is InChI=1S/C20H24O4/c1-19(2)10-5-11-20(12-19,13-6-3-8-15(21)17(13)23)14-7-4-9-16(22)18(14)24/h3-4,6-9,21-24H,5,10-12H2,1-2H3. The van der Waals surface area contributed by atoms with E-state index in [0.29, 0.717) is 17.5 Å². The molecule has 4 nitrogen and oxygen atoms in total. The van der Waals surface area contributed by atoms with E-state index >= 15 is 0 Å². The molecule has 0 amide bonds. The van der Waals surface area contributed by atoms with E-state index in [4.69, 9.17) is 0 Å². The highest BCUT2D eigenvalue weighted by Gasteiger charge is 2.46. The molecule has 0 atom stereocenters. The molecule has 1 aliphatic rings. The molecule has 4 N–H and O–H groups in total. The summed E-state index contributed by atoms with van der Waals surface area (Å²) in [6.07, 6.45) is 3.41. The second kappa shape index (κ2) is 5.62. The smallest absolute Gasteiger partial charge is 0.161 e. The number of benzene rings is 2. The SMILES string of the molecule is CC1(C)CCCC(c2cccc(O)c2O)(c2cccc(O)c2O)C1. The minimum Gasteiger partial charge on any atom is -0.504 e. The van der Waals surface area contributed by atoms with Crippen molar-refractivity contribution in [1.82, 2.24) is 0 Å². The van der Waals surface area contributed by atoms with Crippen molar-refractivity contribution >= 4 is 0 Å². The zero-order chi connectivity index (χ0) is 17.5. The molecule has 24 heavy (non-hydrogen) atoms. The number of rotatable bonds is 2. The van der Waals surface area contributed by atoms with E-state index in [1.807, 2.05) is 0 Å². The van der Waals surface area contributed by atoms with E-state index in [1.54, 1.807) is 24.3 Å². The molecule has 128 valence electrons. The second-order valence-corrected chi connectivity index (χ2v) is 7.62. The van der Waals surface area contributed by atoms with E-state index in [1.165, 1.54) is 12.1 Å². The molecule has 2 aromatic rings. The van der Waals surface area contributed by atoms with Crippen molar-refractivity contribution < 1.29 is 20.4 Å². The Hall–Kier alpha value is -2.36. The van der Waals surface area contributed by atoms with Crippen molar-refractivity contribution in [2.75, 3.05) is 0 Å². The molecular weight excluding hydrogens is 304 g/mol. The Kier molecular flexibility index (Phi) is 3.86. The van der Waals surface area contributed by atoms with Gasteiger partial charge >= 0.3 is 0 Å². The predicted molar refractivity (Wildman–Crippen MR) is 92.6 cm³/mol. The van der Waals surface area contributed by atoms with Crippen LogP contribution in [0, 0.1) is 5.41 Å². The first-order valence-corrected chi connectivity index (χ1v) is 8.30. The third-order valence-corrected chi connectivity index (χ3v) is 5.30. The summed E-state index contributed by atoms with van der Waals surface area (Å²) in [6, 6.07) is 9.88. The highest BCUT2D eigenvalue weighted by atomic mass is 16.3. The first-order chi connectivity index (χ1) is 11.3. The van der Waals surface area contributed by atoms with Crippen LogP contribution in [0.15, 0.2) is 36.4 Å². The maximum absolute atomic E-state index is 10.5. The van der Waals surface area contributed by atoms with Gasteiger partial charge in [0.15, 0.2) is 23.0 Å². The number of aromatic hydroxyl groups is 4. The Morgan fingerprint density at radius 2 is 1.25 bits per heavy atom. The lowest BCUT2D eigenvalue weighted by molar-refractivity contribution is 0.167. The Balaban J connectivity index is 2.30. The largest absolute Gasteiger partial charge is 0.504 e. The van der Waals surface area contributed by atoms with Gasteiger partial charge in [-0.05, 0) is 36.8 Å². The Bertz CT molecular complexity index is 713. The highest BCUT2D eigenvalue weighted by Crippen LogP contribution is 2.56. The molecule has 0 radical (unpaired) electrons. The fraction of sp³-hybridized carbons (Fsp3) is 0.400. The Labute approximate surface area is 142 Å². The van der Waals surface area contributed by atoms with Gasteiger partial charge in [0.1, 0.15) is 0 Å². The molecule has 0 aliphatic heterocycles. The molecule has 1 saturated carbocycles. The molecule has 0 unspecified atom stereocenters. The van der Waals surface area contributed by atoms with Gasteiger partial charge in [0.05, 0.1) is 0 Å². The number of hydrogen-bond acceptors (Lipinski definition) is 4. The van der Waals surface area contributed by atoms with Gasteiger partial charge in [0.25, 0.3) is 0 Å².